The molecule has 0 saturated heterocycles. The highest BCUT2D eigenvalue weighted by atomic mass is 16.5. The van der Waals surface area contributed by atoms with E-state index in [2.05, 4.69) is 17.4 Å². The number of benzene rings is 2. The van der Waals surface area contributed by atoms with E-state index in [9.17, 15) is 4.79 Å². The topological polar surface area (TPSA) is 38.3 Å². The van der Waals surface area contributed by atoms with E-state index in [1.165, 1.54) is 5.56 Å². The first-order valence-electron chi connectivity index (χ1n) is 7.01. The van der Waals surface area contributed by atoms with Gasteiger partial charge in [-0.3, -0.25) is 4.79 Å². The summed E-state index contributed by atoms with van der Waals surface area (Å²) in [5, 5.41) is 3.08. The van der Waals surface area contributed by atoms with Gasteiger partial charge in [0.25, 0.3) is 5.91 Å². The van der Waals surface area contributed by atoms with Gasteiger partial charge < -0.3 is 10.1 Å². The number of carbonyl (C=O) groups is 1. The summed E-state index contributed by atoms with van der Waals surface area (Å²) >= 11 is 0. The molecule has 0 bridgehead atoms. The fraction of sp³-hybridized carbons (Fsp3) is 0.278. The zero-order valence-corrected chi connectivity index (χ0v) is 12.7. The van der Waals surface area contributed by atoms with E-state index in [0.717, 1.165) is 6.42 Å². The molecule has 3 heteroatoms. The van der Waals surface area contributed by atoms with E-state index >= 15 is 0 Å². The van der Waals surface area contributed by atoms with Crippen LogP contribution < -0.4 is 10.1 Å². The maximum atomic E-state index is 12.4. The second kappa shape index (κ2) is 6.44. The number of methoxy groups -OCH3 is 1. The third-order valence-corrected chi connectivity index (χ3v) is 3.29. The van der Waals surface area contributed by atoms with Crippen molar-refractivity contribution in [3.63, 3.8) is 0 Å². The van der Waals surface area contributed by atoms with E-state index in [1.54, 1.807) is 19.2 Å². The highest BCUT2D eigenvalue weighted by molar-refractivity contribution is 5.97. The molecule has 0 aliphatic carbocycles. The monoisotopic (exact) mass is 283 g/mol. The van der Waals surface area contributed by atoms with E-state index in [0.29, 0.717) is 11.3 Å². The second-order valence-corrected chi connectivity index (χ2v) is 5.70. The van der Waals surface area contributed by atoms with Crippen molar-refractivity contribution in [2.75, 3.05) is 7.11 Å². The molecule has 110 valence electrons. The van der Waals surface area contributed by atoms with Gasteiger partial charge in [-0.25, -0.2) is 0 Å². The molecule has 0 aliphatic rings. The molecular formula is C18H21NO2. The fourth-order valence-electron chi connectivity index (χ4n) is 2.36. The van der Waals surface area contributed by atoms with Crippen LogP contribution in [-0.4, -0.2) is 18.6 Å². The van der Waals surface area contributed by atoms with E-state index in [1.807, 2.05) is 44.2 Å². The molecule has 0 spiro atoms. The minimum atomic E-state index is -0.334. The largest absolute Gasteiger partial charge is 0.496 e. The number of para-hydroxylation sites is 1. The van der Waals surface area contributed by atoms with Gasteiger partial charge in [0, 0.05) is 5.54 Å². The molecule has 0 heterocycles. The summed E-state index contributed by atoms with van der Waals surface area (Å²) in [5.41, 5.74) is 1.42. The quantitative estimate of drug-likeness (QED) is 0.912. The summed E-state index contributed by atoms with van der Waals surface area (Å²) in [5.74, 6) is 0.471. The van der Waals surface area contributed by atoms with Crippen LogP contribution in [0.15, 0.2) is 54.6 Å². The minimum absolute atomic E-state index is 0.117. The van der Waals surface area contributed by atoms with Gasteiger partial charge in [0.2, 0.25) is 0 Å². The lowest BCUT2D eigenvalue weighted by Gasteiger charge is -2.27. The molecule has 0 fully saturated rings. The van der Waals surface area contributed by atoms with Crippen LogP contribution in [-0.2, 0) is 6.42 Å². The Morgan fingerprint density at radius 1 is 1.05 bits per heavy atom. The number of rotatable bonds is 5. The van der Waals surface area contributed by atoms with Gasteiger partial charge >= 0.3 is 0 Å². The van der Waals surface area contributed by atoms with Crippen LogP contribution in [0.25, 0.3) is 0 Å². The molecule has 1 N–H and O–H groups in total. The Balaban J connectivity index is 2.10. The van der Waals surface area contributed by atoms with Gasteiger partial charge in [-0.15, -0.1) is 0 Å². The fourth-order valence-corrected chi connectivity index (χ4v) is 2.36. The molecule has 3 nitrogen and oxygen atoms in total. The predicted octanol–water partition coefficient (Wildman–Crippen LogP) is 3.45. The van der Waals surface area contributed by atoms with Crippen molar-refractivity contribution in [1.82, 2.24) is 5.32 Å². The molecule has 2 aromatic carbocycles. The van der Waals surface area contributed by atoms with E-state index in [-0.39, 0.29) is 11.4 Å². The predicted molar refractivity (Wildman–Crippen MR) is 84.7 cm³/mol. The number of amides is 1. The molecular weight excluding hydrogens is 262 g/mol. The maximum absolute atomic E-state index is 12.4. The maximum Gasteiger partial charge on any atom is 0.255 e. The zero-order chi connectivity index (χ0) is 15.3. The van der Waals surface area contributed by atoms with Crippen LogP contribution in [0.3, 0.4) is 0 Å². The Labute approximate surface area is 126 Å². The van der Waals surface area contributed by atoms with Crippen LogP contribution in [0.1, 0.15) is 29.8 Å². The molecule has 0 atom stereocenters. The van der Waals surface area contributed by atoms with Crippen molar-refractivity contribution in [3.8, 4) is 5.75 Å². The van der Waals surface area contributed by atoms with Crippen molar-refractivity contribution < 1.29 is 9.53 Å². The van der Waals surface area contributed by atoms with Crippen LogP contribution >= 0.6 is 0 Å². The summed E-state index contributed by atoms with van der Waals surface area (Å²) < 4.78 is 5.24. The first-order chi connectivity index (χ1) is 10.0. The molecule has 0 aromatic heterocycles. The molecule has 0 saturated carbocycles. The van der Waals surface area contributed by atoms with Crippen molar-refractivity contribution in [2.24, 2.45) is 0 Å². The average molecular weight is 283 g/mol. The Morgan fingerprint density at radius 3 is 2.33 bits per heavy atom. The summed E-state index contributed by atoms with van der Waals surface area (Å²) in [4.78, 5) is 12.4. The van der Waals surface area contributed by atoms with Crippen molar-refractivity contribution in [2.45, 2.75) is 25.8 Å². The van der Waals surface area contributed by atoms with Crippen LogP contribution in [0, 0.1) is 0 Å². The van der Waals surface area contributed by atoms with Gasteiger partial charge in [0.1, 0.15) is 5.75 Å². The zero-order valence-electron chi connectivity index (χ0n) is 12.7. The minimum Gasteiger partial charge on any atom is -0.496 e. The van der Waals surface area contributed by atoms with Crippen molar-refractivity contribution >= 4 is 5.91 Å². The van der Waals surface area contributed by atoms with Crippen molar-refractivity contribution in [3.05, 3.63) is 65.7 Å². The van der Waals surface area contributed by atoms with Gasteiger partial charge in [0.15, 0.2) is 0 Å². The number of nitrogens with one attached hydrogen (secondary N) is 1. The highest BCUT2D eigenvalue weighted by Crippen LogP contribution is 2.19. The van der Waals surface area contributed by atoms with Gasteiger partial charge in [-0.05, 0) is 38.0 Å². The summed E-state index contributed by atoms with van der Waals surface area (Å²) in [6, 6.07) is 17.4. The summed E-state index contributed by atoms with van der Waals surface area (Å²) in [6.07, 6.45) is 0.773. The molecule has 1 amide bonds. The Morgan fingerprint density at radius 2 is 1.67 bits per heavy atom. The number of carbonyl (C=O) groups excluding carboxylic acids is 1. The lowest BCUT2D eigenvalue weighted by molar-refractivity contribution is 0.0910. The normalized spacial score (nSPS) is 11.0. The van der Waals surface area contributed by atoms with E-state index < -0.39 is 0 Å². The number of ether oxygens (including phenoxy) is 1. The smallest absolute Gasteiger partial charge is 0.255 e. The Kier molecular flexibility index (Phi) is 4.63. The van der Waals surface area contributed by atoms with Gasteiger partial charge in [-0.2, -0.15) is 0 Å². The van der Waals surface area contributed by atoms with Crippen LogP contribution in [0.5, 0.6) is 5.75 Å². The second-order valence-electron chi connectivity index (χ2n) is 5.70. The van der Waals surface area contributed by atoms with Crippen LogP contribution in [0.2, 0.25) is 0 Å². The van der Waals surface area contributed by atoms with Gasteiger partial charge in [-0.1, -0.05) is 42.5 Å². The SMILES string of the molecule is COc1ccccc1C(=O)NC(C)(C)Cc1ccccc1. The summed E-state index contributed by atoms with van der Waals surface area (Å²) in [7, 11) is 1.57. The molecule has 0 radical (unpaired) electrons. The Hall–Kier alpha value is -2.29. The molecule has 0 aliphatic heterocycles. The lowest BCUT2D eigenvalue weighted by atomic mass is 9.94. The third-order valence-electron chi connectivity index (χ3n) is 3.29. The molecule has 21 heavy (non-hydrogen) atoms. The first kappa shape index (κ1) is 15.1. The molecule has 2 rings (SSSR count). The van der Waals surface area contributed by atoms with Crippen molar-refractivity contribution in [1.29, 1.82) is 0 Å². The van der Waals surface area contributed by atoms with Gasteiger partial charge in [0.05, 0.1) is 12.7 Å². The lowest BCUT2D eigenvalue weighted by Crippen LogP contribution is -2.45. The number of hydrogen-bond acceptors (Lipinski definition) is 2. The average Bonchev–Trinajstić information content (AvgIpc) is 2.47. The molecule has 2 aromatic rings. The third kappa shape index (κ3) is 4.09. The van der Waals surface area contributed by atoms with Crippen LogP contribution in [0.4, 0.5) is 0 Å². The summed E-state index contributed by atoms with van der Waals surface area (Å²) in [6.45, 7) is 4.04. The highest BCUT2D eigenvalue weighted by Gasteiger charge is 2.23. The Bertz CT molecular complexity index is 606. The first-order valence-corrected chi connectivity index (χ1v) is 7.01. The number of hydrogen-bond donors (Lipinski definition) is 1. The molecule has 0 unspecified atom stereocenters. The van der Waals surface area contributed by atoms with E-state index in [4.69, 9.17) is 4.74 Å². The standard InChI is InChI=1S/C18H21NO2/c1-18(2,13-14-9-5-4-6-10-14)19-17(20)15-11-7-8-12-16(15)21-3/h4-12H,13H2,1-3H3,(H,19,20).